The van der Waals surface area contributed by atoms with Gasteiger partial charge < -0.3 is 9.90 Å². The molecule has 0 radical (unpaired) electrons. The summed E-state index contributed by atoms with van der Waals surface area (Å²) in [6.45, 7) is 0. The Labute approximate surface area is 67.2 Å². The van der Waals surface area contributed by atoms with Crippen LogP contribution in [0.15, 0.2) is 21.9 Å². The lowest BCUT2D eigenvalue weighted by Crippen LogP contribution is -2.32. The summed E-state index contributed by atoms with van der Waals surface area (Å²) in [6, 6.07) is 1.82. The van der Waals surface area contributed by atoms with Crippen molar-refractivity contribution >= 4 is 23.6 Å². The third kappa shape index (κ3) is 2.81. The van der Waals surface area contributed by atoms with Crippen LogP contribution < -0.4 is 10.5 Å². The number of hydrogen-bond donors (Lipinski definition) is 1. The first-order valence-corrected chi connectivity index (χ1v) is 3.75. The Morgan fingerprint density at radius 1 is 1.82 bits per heavy atom. The molecule has 1 aromatic heterocycles. The number of nitrogens with one attached hydrogen (secondary N) is 1. The molecule has 4 nitrogen and oxygen atoms in total. The molecule has 0 spiro atoms. The van der Waals surface area contributed by atoms with Crippen LogP contribution in [0.1, 0.15) is 5.56 Å². The molecule has 0 aliphatic carbocycles. The fourth-order valence-electron chi connectivity index (χ4n) is 0.508. The first-order chi connectivity index (χ1) is 5.29. The van der Waals surface area contributed by atoms with E-state index < -0.39 is 6.09 Å². The van der Waals surface area contributed by atoms with Crippen LogP contribution in [-0.4, -0.2) is 12.3 Å². The second-order valence-corrected chi connectivity index (χ2v) is 2.49. The van der Waals surface area contributed by atoms with Crippen LogP contribution in [0.25, 0.3) is 0 Å². The van der Waals surface area contributed by atoms with Gasteiger partial charge in [-0.3, -0.25) is 5.43 Å². The Balaban J connectivity index is 2.43. The fourth-order valence-corrected chi connectivity index (χ4v) is 1.12. The Bertz CT molecular complexity index is 256. The second kappa shape index (κ2) is 3.72. The highest BCUT2D eigenvalue weighted by atomic mass is 32.1. The molecule has 1 rings (SSSR count). The molecule has 1 aromatic rings. The van der Waals surface area contributed by atoms with Crippen molar-refractivity contribution in [3.05, 3.63) is 22.4 Å². The number of carbonyl (C=O) groups excluding carboxylic acids is 1. The summed E-state index contributed by atoms with van der Waals surface area (Å²) in [4.78, 5) is 9.79. The summed E-state index contributed by atoms with van der Waals surface area (Å²) in [5.74, 6) is 0. The minimum absolute atomic E-state index is 0.865. The average Bonchev–Trinajstić information content (AvgIpc) is 2.39. The Kier molecular flexibility index (Phi) is 2.62. The van der Waals surface area contributed by atoms with Gasteiger partial charge >= 0.3 is 0 Å². The van der Waals surface area contributed by atoms with Gasteiger partial charge in [0.25, 0.3) is 0 Å². The maximum atomic E-state index is 9.79. The van der Waals surface area contributed by atoms with Crippen molar-refractivity contribution in [3.8, 4) is 0 Å². The van der Waals surface area contributed by atoms with E-state index in [1.54, 1.807) is 5.43 Å². The minimum Gasteiger partial charge on any atom is -0.529 e. The molecule has 1 N–H and O–H groups in total. The lowest BCUT2D eigenvalue weighted by atomic mass is 10.4. The van der Waals surface area contributed by atoms with E-state index in [1.165, 1.54) is 17.6 Å². The van der Waals surface area contributed by atoms with Gasteiger partial charge in [-0.2, -0.15) is 16.4 Å². The van der Waals surface area contributed by atoms with Gasteiger partial charge in [0, 0.05) is 5.56 Å². The largest absolute Gasteiger partial charge is 0.529 e. The first-order valence-electron chi connectivity index (χ1n) is 2.81. The highest BCUT2D eigenvalue weighted by molar-refractivity contribution is 7.08. The van der Waals surface area contributed by atoms with E-state index in [-0.39, 0.29) is 0 Å². The van der Waals surface area contributed by atoms with E-state index in [1.807, 2.05) is 16.8 Å². The first kappa shape index (κ1) is 7.74. The van der Waals surface area contributed by atoms with Crippen LogP contribution in [0.2, 0.25) is 0 Å². The standard InChI is InChI=1S/C6H6N2O2S/c9-6(10)8-7-3-5-1-2-11-4-5/h1-4,8H,(H,9,10)/p-1/b7-3+. The van der Waals surface area contributed by atoms with Crippen molar-refractivity contribution in [2.75, 3.05) is 0 Å². The van der Waals surface area contributed by atoms with Crippen LogP contribution in [0.5, 0.6) is 0 Å². The van der Waals surface area contributed by atoms with Gasteiger partial charge in [-0.15, -0.1) is 0 Å². The summed E-state index contributed by atoms with van der Waals surface area (Å²) in [5.41, 5.74) is 2.63. The van der Waals surface area contributed by atoms with Crippen molar-refractivity contribution < 1.29 is 9.90 Å². The normalized spacial score (nSPS) is 10.2. The molecule has 0 bridgehead atoms. The van der Waals surface area contributed by atoms with Gasteiger partial charge in [-0.25, -0.2) is 0 Å². The predicted octanol–water partition coefficient (Wildman–Crippen LogP) is 0.0149. The van der Waals surface area contributed by atoms with E-state index in [4.69, 9.17) is 0 Å². The lowest BCUT2D eigenvalue weighted by Gasteiger charge is -1.95. The number of rotatable bonds is 2. The Morgan fingerprint density at radius 2 is 2.64 bits per heavy atom. The number of hydrogen-bond acceptors (Lipinski definition) is 4. The number of amides is 1. The van der Waals surface area contributed by atoms with Gasteiger partial charge in [0.2, 0.25) is 0 Å². The van der Waals surface area contributed by atoms with Crippen molar-refractivity contribution in [2.24, 2.45) is 5.10 Å². The van der Waals surface area contributed by atoms with E-state index in [2.05, 4.69) is 5.10 Å². The Hall–Kier alpha value is -1.36. The molecule has 11 heavy (non-hydrogen) atoms. The number of carboxylic acid groups (broad SMARTS) is 1. The number of nitrogens with zero attached hydrogens (tertiary/aromatic N) is 1. The van der Waals surface area contributed by atoms with Crippen LogP contribution in [0, 0.1) is 0 Å². The molecule has 58 valence electrons. The molecule has 0 aliphatic heterocycles. The lowest BCUT2D eigenvalue weighted by molar-refractivity contribution is -0.250. The topological polar surface area (TPSA) is 64.5 Å². The number of thiophene rings is 1. The molecule has 1 amide bonds. The zero-order valence-corrected chi connectivity index (χ0v) is 6.30. The van der Waals surface area contributed by atoms with Crippen LogP contribution in [-0.2, 0) is 0 Å². The molecule has 1 heterocycles. The summed E-state index contributed by atoms with van der Waals surface area (Å²) in [5, 5.41) is 16.9. The molecule has 0 aromatic carbocycles. The van der Waals surface area contributed by atoms with E-state index >= 15 is 0 Å². The predicted molar refractivity (Wildman–Crippen MR) is 40.4 cm³/mol. The van der Waals surface area contributed by atoms with Crippen LogP contribution in [0.4, 0.5) is 4.79 Å². The molecule has 0 atom stereocenters. The molecule has 0 fully saturated rings. The maximum absolute atomic E-state index is 9.79. The van der Waals surface area contributed by atoms with Gasteiger partial charge in [0.1, 0.15) is 0 Å². The maximum Gasteiger partial charge on any atom is 0.155 e. The van der Waals surface area contributed by atoms with E-state index in [0.717, 1.165) is 5.56 Å². The average molecular weight is 169 g/mol. The van der Waals surface area contributed by atoms with Crippen LogP contribution in [0.3, 0.4) is 0 Å². The third-order valence-electron chi connectivity index (χ3n) is 0.913. The molecular weight excluding hydrogens is 164 g/mol. The second-order valence-electron chi connectivity index (χ2n) is 1.71. The molecule has 0 saturated carbocycles. The molecule has 5 heteroatoms. The van der Waals surface area contributed by atoms with Crippen molar-refractivity contribution in [1.29, 1.82) is 0 Å². The third-order valence-corrected chi connectivity index (χ3v) is 1.61. The number of carbonyl (C=O) groups is 1. The zero-order valence-electron chi connectivity index (χ0n) is 5.48. The minimum atomic E-state index is -1.41. The molecular formula is C6H5N2O2S-. The van der Waals surface area contributed by atoms with Gasteiger partial charge in [0.05, 0.1) is 6.21 Å². The highest BCUT2D eigenvalue weighted by Crippen LogP contribution is 2.01. The van der Waals surface area contributed by atoms with Gasteiger partial charge in [0.15, 0.2) is 6.09 Å². The SMILES string of the molecule is O=C([O-])N/N=C/c1ccsc1. The van der Waals surface area contributed by atoms with Gasteiger partial charge in [-0.1, -0.05) is 0 Å². The smallest absolute Gasteiger partial charge is 0.155 e. The van der Waals surface area contributed by atoms with E-state index in [0.29, 0.717) is 0 Å². The van der Waals surface area contributed by atoms with Crippen molar-refractivity contribution in [2.45, 2.75) is 0 Å². The van der Waals surface area contributed by atoms with Crippen LogP contribution >= 0.6 is 11.3 Å². The van der Waals surface area contributed by atoms with Crippen molar-refractivity contribution in [3.63, 3.8) is 0 Å². The Morgan fingerprint density at radius 3 is 3.18 bits per heavy atom. The summed E-state index contributed by atoms with van der Waals surface area (Å²) >= 11 is 1.52. The summed E-state index contributed by atoms with van der Waals surface area (Å²) in [6.07, 6.45) is 0.00299. The molecule has 0 saturated heterocycles. The monoisotopic (exact) mass is 169 g/mol. The molecule has 0 unspecified atom stereocenters. The highest BCUT2D eigenvalue weighted by Gasteiger charge is 1.84. The zero-order chi connectivity index (χ0) is 8.10. The molecule has 0 aliphatic rings. The van der Waals surface area contributed by atoms with Gasteiger partial charge in [-0.05, 0) is 16.8 Å². The quantitative estimate of drug-likeness (QED) is 0.501. The summed E-state index contributed by atoms with van der Waals surface area (Å²) < 4.78 is 0. The summed E-state index contributed by atoms with van der Waals surface area (Å²) in [7, 11) is 0. The van der Waals surface area contributed by atoms with E-state index in [9.17, 15) is 9.90 Å². The fraction of sp³-hybridized carbons (Fsp3) is 0. The van der Waals surface area contributed by atoms with Crippen molar-refractivity contribution in [1.82, 2.24) is 5.43 Å². The number of hydrazone groups is 1.